The smallest absolute Gasteiger partial charge is 0.254 e. The third-order valence-electron chi connectivity index (χ3n) is 7.52. The lowest BCUT2D eigenvalue weighted by Gasteiger charge is -2.45. The number of aromatic amines is 1. The number of Topliss-reactive ketones (excluding diaryl/α,β-unsaturated/α-hetero) is 1. The molecule has 2 aromatic heterocycles. The van der Waals surface area contributed by atoms with Crippen LogP contribution in [0.2, 0.25) is 0 Å². The molecule has 1 saturated carbocycles. The first-order chi connectivity index (χ1) is 19.4. The van der Waals surface area contributed by atoms with Crippen LogP contribution in [0.1, 0.15) is 32.6 Å². The van der Waals surface area contributed by atoms with Crippen molar-refractivity contribution < 1.29 is 23.5 Å². The number of amides is 1. The van der Waals surface area contributed by atoms with Gasteiger partial charge in [0.25, 0.3) is 5.91 Å². The van der Waals surface area contributed by atoms with E-state index in [9.17, 15) is 14.0 Å². The normalized spacial score (nSPS) is 17.8. The van der Waals surface area contributed by atoms with Crippen LogP contribution in [0, 0.1) is 5.82 Å². The van der Waals surface area contributed by atoms with Crippen LogP contribution in [0.3, 0.4) is 0 Å². The predicted octanol–water partition coefficient (Wildman–Crippen LogP) is 4.64. The van der Waals surface area contributed by atoms with Gasteiger partial charge < -0.3 is 19.7 Å². The van der Waals surface area contributed by atoms with Crippen molar-refractivity contribution in [3.8, 4) is 11.5 Å². The summed E-state index contributed by atoms with van der Waals surface area (Å²) in [5, 5.41) is 10.2. The third-order valence-corrected chi connectivity index (χ3v) is 7.52. The van der Waals surface area contributed by atoms with E-state index in [1.165, 1.54) is 19.4 Å². The van der Waals surface area contributed by atoms with Crippen LogP contribution < -0.4 is 24.6 Å². The first kappa shape index (κ1) is 25.5. The van der Waals surface area contributed by atoms with Crippen LogP contribution in [0.25, 0.3) is 10.9 Å². The van der Waals surface area contributed by atoms with E-state index in [0.717, 1.165) is 0 Å². The number of nitrogens with zero attached hydrogens (tertiary/aromatic N) is 5. The summed E-state index contributed by atoms with van der Waals surface area (Å²) in [7, 11) is 3.08. The molecular weight excluding hydrogens is 517 g/mol. The van der Waals surface area contributed by atoms with Crippen molar-refractivity contribution in [3.63, 3.8) is 0 Å². The molecule has 4 aromatic rings. The lowest BCUT2D eigenvalue weighted by molar-refractivity contribution is -0.120. The summed E-state index contributed by atoms with van der Waals surface area (Å²) in [6, 6.07) is 7.72. The number of fused-ring (bicyclic) bond motifs is 2. The number of ketones is 1. The zero-order valence-electron chi connectivity index (χ0n) is 22.3. The van der Waals surface area contributed by atoms with Gasteiger partial charge in [-0.1, -0.05) is 0 Å². The maximum Gasteiger partial charge on any atom is 0.254 e. The molecule has 6 rings (SSSR count). The van der Waals surface area contributed by atoms with Crippen molar-refractivity contribution >= 4 is 51.4 Å². The van der Waals surface area contributed by atoms with E-state index in [1.807, 2.05) is 11.8 Å². The lowest BCUT2D eigenvalue weighted by atomic mass is 9.91. The number of benzene rings is 2. The number of H-pyrrole nitrogens is 1. The maximum atomic E-state index is 14.6. The van der Waals surface area contributed by atoms with E-state index in [0.29, 0.717) is 71.0 Å². The third kappa shape index (κ3) is 4.34. The zero-order valence-corrected chi connectivity index (χ0v) is 22.3. The lowest BCUT2D eigenvalue weighted by Crippen LogP contribution is -2.55. The molecule has 2 aliphatic rings. The first-order valence-corrected chi connectivity index (χ1v) is 13.0. The van der Waals surface area contributed by atoms with Crippen molar-refractivity contribution in [2.45, 2.75) is 44.7 Å². The Kier molecular flexibility index (Phi) is 6.45. The van der Waals surface area contributed by atoms with Gasteiger partial charge in [0.1, 0.15) is 23.0 Å². The summed E-state index contributed by atoms with van der Waals surface area (Å²) >= 11 is 0. The summed E-state index contributed by atoms with van der Waals surface area (Å²) < 4.78 is 25.4. The number of methoxy groups -OCH3 is 2. The van der Waals surface area contributed by atoms with Gasteiger partial charge in [-0.25, -0.2) is 9.37 Å². The molecule has 40 heavy (non-hydrogen) atoms. The van der Waals surface area contributed by atoms with Crippen LogP contribution >= 0.6 is 0 Å². The number of ether oxygens (including phenoxy) is 2. The molecule has 206 valence electrons. The maximum absolute atomic E-state index is 14.6. The molecule has 3 heterocycles. The average Bonchev–Trinajstić information content (AvgIpc) is 3.44. The first-order valence-electron chi connectivity index (χ1n) is 13.0. The van der Waals surface area contributed by atoms with Crippen LogP contribution in [0.5, 0.6) is 11.5 Å². The number of aromatic nitrogens is 4. The Morgan fingerprint density at radius 1 is 1.05 bits per heavy atom. The van der Waals surface area contributed by atoms with Gasteiger partial charge in [-0.05, 0) is 44.0 Å². The molecule has 1 aliphatic carbocycles. The molecule has 0 bridgehead atoms. The van der Waals surface area contributed by atoms with Gasteiger partial charge in [0.05, 0.1) is 32.3 Å². The number of nitrogens with one attached hydrogen (secondary N) is 2. The van der Waals surface area contributed by atoms with Gasteiger partial charge >= 0.3 is 0 Å². The van der Waals surface area contributed by atoms with E-state index in [4.69, 9.17) is 14.5 Å². The Morgan fingerprint density at radius 3 is 2.58 bits per heavy atom. The fraction of sp³-hybridized carbons (Fsp3) is 0.321. The zero-order chi connectivity index (χ0) is 28.0. The van der Waals surface area contributed by atoms with E-state index >= 15 is 0 Å². The van der Waals surface area contributed by atoms with Crippen LogP contribution in [-0.2, 0) is 9.59 Å². The molecule has 12 heteroatoms. The number of halogens is 1. The highest BCUT2D eigenvalue weighted by atomic mass is 19.1. The van der Waals surface area contributed by atoms with Crippen molar-refractivity contribution in [1.82, 2.24) is 20.2 Å². The Morgan fingerprint density at radius 2 is 1.82 bits per heavy atom. The van der Waals surface area contributed by atoms with E-state index in [2.05, 4.69) is 20.5 Å². The second kappa shape index (κ2) is 10.1. The Hall–Kier alpha value is -4.74. The summed E-state index contributed by atoms with van der Waals surface area (Å²) in [6.45, 7) is 1.84. The molecular formula is C28H28FN7O4. The second-order valence-corrected chi connectivity index (χ2v) is 9.89. The van der Waals surface area contributed by atoms with Crippen molar-refractivity contribution in [2.75, 3.05) is 29.3 Å². The van der Waals surface area contributed by atoms with Gasteiger partial charge in [0, 0.05) is 36.0 Å². The fourth-order valence-corrected chi connectivity index (χ4v) is 5.52. The van der Waals surface area contributed by atoms with Crippen LogP contribution in [-0.4, -0.2) is 58.2 Å². The Balaban J connectivity index is 1.44. The van der Waals surface area contributed by atoms with E-state index in [1.54, 1.807) is 42.5 Å². The molecule has 1 amide bonds. The highest BCUT2D eigenvalue weighted by Crippen LogP contribution is 2.44. The average molecular weight is 546 g/mol. The minimum Gasteiger partial charge on any atom is -0.493 e. The number of rotatable bonds is 6. The molecule has 0 radical (unpaired) electrons. The predicted molar refractivity (Wildman–Crippen MR) is 147 cm³/mol. The second-order valence-electron chi connectivity index (χ2n) is 9.89. The van der Waals surface area contributed by atoms with Gasteiger partial charge in [-0.2, -0.15) is 10.1 Å². The van der Waals surface area contributed by atoms with Crippen LogP contribution in [0.15, 0.2) is 42.7 Å². The number of carbonyl (C=O) groups is 2. The quantitative estimate of drug-likeness (QED) is 0.356. The van der Waals surface area contributed by atoms with Crippen molar-refractivity contribution in [1.29, 1.82) is 0 Å². The Bertz CT molecular complexity index is 1610. The fourth-order valence-electron chi connectivity index (χ4n) is 5.52. The largest absolute Gasteiger partial charge is 0.493 e. The minimum absolute atomic E-state index is 0.0505. The summed E-state index contributed by atoms with van der Waals surface area (Å²) in [6.07, 6.45) is 5.29. The number of hydrogen-bond acceptors (Lipinski definition) is 9. The highest BCUT2D eigenvalue weighted by molar-refractivity contribution is 6.10. The molecule has 0 saturated heterocycles. The van der Waals surface area contributed by atoms with Gasteiger partial charge in [-0.15, -0.1) is 0 Å². The standard InChI is InChI=1S/C28H28FN7O4/c1-15-27(38)36(19-6-9-23(39-2)24(12-19)40-3)22-14-30-28(32-17-10-16-13-31-34-25(16)21(29)11-17)33-26(22)35(15)18-4-7-20(37)8-5-18/h6,9-15,18H,4-5,7-8H2,1-3H3,(H,31,34)(H,30,32,33)/t15-/m1/s1. The molecule has 11 nitrogen and oxygen atoms in total. The number of anilines is 5. The molecule has 0 spiro atoms. The molecule has 2 aromatic carbocycles. The minimum atomic E-state index is -0.568. The van der Waals surface area contributed by atoms with Gasteiger partial charge in [-0.3, -0.25) is 19.6 Å². The molecule has 1 atom stereocenters. The van der Waals surface area contributed by atoms with Crippen molar-refractivity contribution in [3.05, 3.63) is 48.5 Å². The monoisotopic (exact) mass is 545 g/mol. The van der Waals surface area contributed by atoms with Crippen LogP contribution in [0.4, 0.5) is 33.2 Å². The molecule has 1 aliphatic heterocycles. The summed E-state index contributed by atoms with van der Waals surface area (Å²) in [4.78, 5) is 38.8. The summed E-state index contributed by atoms with van der Waals surface area (Å²) in [5.41, 5.74) is 1.84. The number of hydrogen-bond donors (Lipinski definition) is 2. The SMILES string of the molecule is COc1ccc(N2C(=O)[C@@H](C)N(C3CCC(=O)CC3)c3nc(Nc4cc(F)c5[nH]ncc5c4)ncc32)cc1OC. The van der Waals surface area contributed by atoms with Crippen molar-refractivity contribution in [2.24, 2.45) is 0 Å². The highest BCUT2D eigenvalue weighted by Gasteiger charge is 2.42. The topological polar surface area (TPSA) is 126 Å². The van der Waals surface area contributed by atoms with Gasteiger partial charge in [0.15, 0.2) is 23.1 Å². The Labute approximate surface area is 229 Å². The van der Waals surface area contributed by atoms with E-state index in [-0.39, 0.29) is 23.7 Å². The number of carbonyl (C=O) groups excluding carboxylic acids is 2. The van der Waals surface area contributed by atoms with Gasteiger partial charge in [0.2, 0.25) is 5.95 Å². The summed E-state index contributed by atoms with van der Waals surface area (Å²) in [5.74, 6) is 1.41. The molecule has 0 unspecified atom stereocenters. The molecule has 2 N–H and O–H groups in total. The molecule has 1 fully saturated rings. The van der Waals surface area contributed by atoms with E-state index < -0.39 is 11.9 Å².